The van der Waals surface area contributed by atoms with Gasteiger partial charge in [0, 0.05) is 41.3 Å². The Morgan fingerprint density at radius 2 is 1.75 bits per heavy atom. The van der Waals surface area contributed by atoms with Gasteiger partial charge in [-0.25, -0.2) is 9.37 Å². The van der Waals surface area contributed by atoms with Gasteiger partial charge in [0.1, 0.15) is 35.3 Å². The van der Waals surface area contributed by atoms with E-state index in [0.717, 1.165) is 75.1 Å². The fourth-order valence-corrected chi connectivity index (χ4v) is 5.97. The quantitative estimate of drug-likeness (QED) is 0.180. The third kappa shape index (κ3) is 5.88. The van der Waals surface area contributed by atoms with E-state index >= 15 is 0 Å². The van der Waals surface area contributed by atoms with Crippen molar-refractivity contribution < 1.29 is 13.9 Å². The Labute approximate surface area is 255 Å². The van der Waals surface area contributed by atoms with Gasteiger partial charge in [-0.2, -0.15) is 5.10 Å². The van der Waals surface area contributed by atoms with E-state index in [-0.39, 0.29) is 11.9 Å². The lowest BCUT2D eigenvalue weighted by atomic mass is 9.98. The van der Waals surface area contributed by atoms with Crippen LogP contribution in [0.15, 0.2) is 73.2 Å². The molecule has 0 aliphatic heterocycles. The molecular weight excluding hydrogens is 555 g/mol. The molecule has 1 saturated carbocycles. The van der Waals surface area contributed by atoms with Gasteiger partial charge in [0.2, 0.25) is 0 Å². The molecule has 6 aromatic rings. The Morgan fingerprint density at radius 3 is 2.61 bits per heavy atom. The van der Waals surface area contributed by atoms with Crippen molar-refractivity contribution in [3.8, 4) is 45.1 Å². The number of aromatic amines is 2. The van der Waals surface area contributed by atoms with Crippen molar-refractivity contribution >= 4 is 21.9 Å². The lowest BCUT2D eigenvalue weighted by Crippen LogP contribution is -2.19. The van der Waals surface area contributed by atoms with Crippen LogP contribution < -0.4 is 9.47 Å². The van der Waals surface area contributed by atoms with Crippen molar-refractivity contribution in [3.63, 3.8) is 0 Å². The fraction of sp³-hybridized carbons (Fsp3) is 0.286. The predicted molar refractivity (Wildman–Crippen MR) is 171 cm³/mol. The molecule has 7 rings (SSSR count). The summed E-state index contributed by atoms with van der Waals surface area (Å²) in [6, 6.07) is 17.0. The van der Waals surface area contributed by atoms with Crippen LogP contribution in [0.5, 0.6) is 11.5 Å². The molecule has 8 nitrogen and oxygen atoms in total. The molecule has 224 valence electrons. The predicted octanol–water partition coefficient (Wildman–Crippen LogP) is 7.63. The Kier molecular flexibility index (Phi) is 7.70. The number of benzene rings is 2. The summed E-state index contributed by atoms with van der Waals surface area (Å²) >= 11 is 0. The van der Waals surface area contributed by atoms with E-state index in [4.69, 9.17) is 9.47 Å². The van der Waals surface area contributed by atoms with Crippen molar-refractivity contribution in [1.82, 2.24) is 30.0 Å². The third-order valence-electron chi connectivity index (χ3n) is 8.24. The minimum atomic E-state index is -0.350. The summed E-state index contributed by atoms with van der Waals surface area (Å²) in [7, 11) is 3.95. The Balaban J connectivity index is 1.21. The molecule has 44 heavy (non-hydrogen) atoms. The summed E-state index contributed by atoms with van der Waals surface area (Å²) in [4.78, 5) is 14.5. The van der Waals surface area contributed by atoms with Crippen LogP contribution in [0.25, 0.3) is 55.6 Å². The molecule has 0 atom stereocenters. The Morgan fingerprint density at radius 1 is 0.886 bits per heavy atom. The third-order valence-corrected chi connectivity index (χ3v) is 8.24. The number of hydrogen-bond donors (Lipinski definition) is 2. The molecule has 0 saturated heterocycles. The van der Waals surface area contributed by atoms with Crippen LogP contribution in [-0.2, 0) is 0 Å². The van der Waals surface area contributed by atoms with Gasteiger partial charge in [-0.1, -0.05) is 12.5 Å². The van der Waals surface area contributed by atoms with Crippen LogP contribution in [0.3, 0.4) is 0 Å². The summed E-state index contributed by atoms with van der Waals surface area (Å²) in [5.41, 5.74) is 6.80. The highest BCUT2D eigenvalue weighted by atomic mass is 19.1. The smallest absolute Gasteiger partial charge is 0.138 e. The molecule has 0 bridgehead atoms. The lowest BCUT2D eigenvalue weighted by Gasteiger charge is -2.23. The molecule has 1 aliphatic rings. The van der Waals surface area contributed by atoms with E-state index in [1.165, 1.54) is 31.4 Å². The standard InChI is InChI=1S/C35H35FN6O2/c1-42(2)12-13-43-27-15-23(14-25(36)18-27)29-10-11-38-35-30(29)19-33(39-35)34-31-17-22(8-9-32(31)40-41-34)24-16-28(21-37-20-24)44-26-6-4-3-5-7-26/h8-11,14-21,26H,3-7,12-13H2,1-2H3,(H,38,39)(H,40,41). The maximum absolute atomic E-state index is 14.7. The van der Waals surface area contributed by atoms with E-state index in [1.54, 1.807) is 12.4 Å². The van der Waals surface area contributed by atoms with Crippen molar-refractivity contribution in [1.29, 1.82) is 0 Å². The first kappa shape index (κ1) is 28.0. The van der Waals surface area contributed by atoms with Gasteiger partial charge < -0.3 is 19.4 Å². The monoisotopic (exact) mass is 590 g/mol. The van der Waals surface area contributed by atoms with E-state index < -0.39 is 0 Å². The molecule has 4 heterocycles. The topological polar surface area (TPSA) is 92.0 Å². The highest BCUT2D eigenvalue weighted by molar-refractivity contribution is 6.00. The van der Waals surface area contributed by atoms with Crippen LogP contribution in [0.2, 0.25) is 0 Å². The number of ether oxygens (including phenoxy) is 2. The van der Waals surface area contributed by atoms with Gasteiger partial charge in [0.15, 0.2) is 0 Å². The first-order chi connectivity index (χ1) is 21.5. The summed E-state index contributed by atoms with van der Waals surface area (Å²) in [5, 5.41) is 9.67. The summed E-state index contributed by atoms with van der Waals surface area (Å²) in [6.45, 7) is 1.21. The summed E-state index contributed by atoms with van der Waals surface area (Å²) in [6.07, 6.45) is 11.6. The maximum atomic E-state index is 14.7. The van der Waals surface area contributed by atoms with Gasteiger partial charge >= 0.3 is 0 Å². The van der Waals surface area contributed by atoms with Crippen molar-refractivity contribution in [2.75, 3.05) is 27.2 Å². The van der Waals surface area contributed by atoms with Crippen LogP contribution in [0, 0.1) is 5.82 Å². The fourth-order valence-electron chi connectivity index (χ4n) is 5.97. The molecule has 9 heteroatoms. The molecule has 1 aliphatic carbocycles. The number of hydrogen-bond acceptors (Lipinski definition) is 6. The normalized spacial score (nSPS) is 14.1. The number of likely N-dealkylation sites (N-methyl/N-ethyl adjacent to an activating group) is 1. The van der Waals surface area contributed by atoms with Crippen molar-refractivity contribution in [2.45, 2.75) is 38.2 Å². The van der Waals surface area contributed by atoms with Gasteiger partial charge in [-0.3, -0.25) is 10.1 Å². The molecule has 0 unspecified atom stereocenters. The molecule has 2 N–H and O–H groups in total. The summed E-state index contributed by atoms with van der Waals surface area (Å²) in [5.74, 6) is 0.951. The van der Waals surface area contributed by atoms with Gasteiger partial charge in [0.25, 0.3) is 0 Å². The minimum Gasteiger partial charge on any atom is -0.492 e. The number of fused-ring (bicyclic) bond motifs is 2. The minimum absolute atomic E-state index is 0.263. The maximum Gasteiger partial charge on any atom is 0.138 e. The largest absolute Gasteiger partial charge is 0.492 e. The van der Waals surface area contributed by atoms with Gasteiger partial charge in [-0.05, 0) is 98.9 Å². The zero-order valence-corrected chi connectivity index (χ0v) is 24.9. The van der Waals surface area contributed by atoms with Gasteiger partial charge in [-0.15, -0.1) is 0 Å². The average Bonchev–Trinajstić information content (AvgIpc) is 3.65. The molecule has 2 aromatic carbocycles. The Bertz CT molecular complexity index is 1920. The second-order valence-electron chi connectivity index (χ2n) is 11.8. The average molecular weight is 591 g/mol. The number of aromatic nitrogens is 5. The van der Waals surface area contributed by atoms with E-state index in [1.807, 2.05) is 49.5 Å². The zero-order chi connectivity index (χ0) is 30.0. The van der Waals surface area contributed by atoms with Crippen molar-refractivity contribution in [2.24, 2.45) is 0 Å². The Hall–Kier alpha value is -4.76. The molecule has 0 spiro atoms. The SMILES string of the molecule is CN(C)CCOc1cc(F)cc(-c2ccnc3[nH]c(-c4n[nH]c5ccc(-c6cncc(OC7CCCCC7)c6)cc45)cc23)c1. The number of H-pyrrole nitrogens is 2. The second kappa shape index (κ2) is 12.1. The highest BCUT2D eigenvalue weighted by Gasteiger charge is 2.18. The van der Waals surface area contributed by atoms with E-state index in [2.05, 4.69) is 43.3 Å². The first-order valence-electron chi connectivity index (χ1n) is 15.2. The van der Waals surface area contributed by atoms with Crippen LogP contribution in [0.4, 0.5) is 4.39 Å². The molecule has 4 aromatic heterocycles. The molecular formula is C35H35FN6O2. The van der Waals surface area contributed by atoms with Crippen LogP contribution >= 0.6 is 0 Å². The second-order valence-corrected chi connectivity index (χ2v) is 11.8. The highest BCUT2D eigenvalue weighted by Crippen LogP contribution is 2.36. The molecule has 1 fully saturated rings. The molecule has 0 amide bonds. The number of pyridine rings is 2. The number of nitrogens with one attached hydrogen (secondary N) is 2. The summed E-state index contributed by atoms with van der Waals surface area (Å²) < 4.78 is 26.8. The molecule has 0 radical (unpaired) electrons. The van der Waals surface area contributed by atoms with E-state index in [0.29, 0.717) is 18.0 Å². The number of rotatable bonds is 9. The zero-order valence-electron chi connectivity index (χ0n) is 24.9. The van der Waals surface area contributed by atoms with Gasteiger partial charge in [0.05, 0.1) is 23.5 Å². The van der Waals surface area contributed by atoms with Crippen LogP contribution in [0.1, 0.15) is 32.1 Å². The lowest BCUT2D eigenvalue weighted by molar-refractivity contribution is 0.154. The van der Waals surface area contributed by atoms with Crippen molar-refractivity contribution in [3.05, 3.63) is 79.0 Å². The first-order valence-corrected chi connectivity index (χ1v) is 15.2. The number of nitrogens with zero attached hydrogens (tertiary/aromatic N) is 4. The van der Waals surface area contributed by atoms with E-state index in [9.17, 15) is 4.39 Å². The van der Waals surface area contributed by atoms with Crippen LogP contribution in [-0.4, -0.2) is 63.4 Å². The number of halogens is 1.